The summed E-state index contributed by atoms with van der Waals surface area (Å²) in [6.45, 7) is 3.97. The fraction of sp³-hybridized carbons (Fsp3) is 0.263. The number of hydrogen-bond donors (Lipinski definition) is 0. The average Bonchev–Trinajstić information content (AvgIpc) is 2.55. The molecule has 2 aromatic carbocycles. The van der Waals surface area contributed by atoms with Gasteiger partial charge >= 0.3 is 0 Å². The number of anilines is 1. The maximum Gasteiger partial charge on any atom is 0.0707 e. The molecule has 0 aliphatic rings. The summed E-state index contributed by atoms with van der Waals surface area (Å²) in [6.07, 6.45) is 4.37. The van der Waals surface area contributed by atoms with Crippen LogP contribution in [-0.4, -0.2) is 37.2 Å². The largest absolute Gasteiger partial charge is 0.237 e. The first-order valence-corrected chi connectivity index (χ1v) is 7.71. The second-order valence-electron chi connectivity index (χ2n) is 5.29. The quantitative estimate of drug-likeness (QED) is 0.717. The van der Waals surface area contributed by atoms with E-state index in [1.807, 2.05) is 12.1 Å². The molecule has 0 aliphatic carbocycles. The van der Waals surface area contributed by atoms with Gasteiger partial charge in [0.05, 0.1) is 5.69 Å². The molecule has 0 N–H and O–H groups in total. The van der Waals surface area contributed by atoms with Gasteiger partial charge < -0.3 is 0 Å². The molecule has 22 heavy (non-hydrogen) atoms. The Morgan fingerprint density at radius 1 is 0.864 bits per heavy atom. The number of hydrogen-bond acceptors (Lipinski definition) is 3. The lowest BCUT2D eigenvalue weighted by molar-refractivity contribution is 0.158. The van der Waals surface area contributed by atoms with Crippen LogP contribution in [-0.2, 0) is 0 Å². The number of rotatable bonds is 7. The van der Waals surface area contributed by atoms with Crippen LogP contribution >= 0.6 is 0 Å². The van der Waals surface area contributed by atoms with E-state index >= 15 is 0 Å². The summed E-state index contributed by atoms with van der Waals surface area (Å²) in [6, 6.07) is 20.8. The molecule has 2 rings (SSSR count). The summed E-state index contributed by atoms with van der Waals surface area (Å²) in [4.78, 5) is 0. The predicted octanol–water partition coefficient (Wildman–Crippen LogP) is 3.92. The Morgan fingerprint density at radius 2 is 1.45 bits per heavy atom. The molecule has 0 aromatic heterocycles. The first kappa shape index (κ1) is 16.3. The van der Waals surface area contributed by atoms with Crippen LogP contribution in [0.4, 0.5) is 5.69 Å². The van der Waals surface area contributed by atoms with Crippen molar-refractivity contribution in [3.8, 4) is 0 Å². The minimum atomic E-state index is 0.860. The van der Waals surface area contributed by atoms with Gasteiger partial charge in [-0.05, 0) is 17.7 Å². The van der Waals surface area contributed by atoms with Crippen LogP contribution in [0.5, 0.6) is 0 Å². The van der Waals surface area contributed by atoms with Crippen LogP contribution in [0, 0.1) is 0 Å². The normalized spacial score (nSPS) is 11.5. The highest BCUT2D eigenvalue weighted by Gasteiger charge is 2.15. The van der Waals surface area contributed by atoms with Gasteiger partial charge in [-0.25, -0.2) is 15.1 Å². The maximum absolute atomic E-state index is 2.30. The standard InChI is InChI=1S/C19H25N3/c1-4-21(17-11-14-18-12-7-5-8-13-18)22(20(2)3)19-15-9-6-10-16-19/h5-16H,4,17H2,1-3H3. The monoisotopic (exact) mass is 295 g/mol. The third-order valence-corrected chi connectivity index (χ3v) is 3.42. The zero-order valence-corrected chi connectivity index (χ0v) is 13.7. The smallest absolute Gasteiger partial charge is 0.0707 e. The van der Waals surface area contributed by atoms with Gasteiger partial charge in [0.2, 0.25) is 0 Å². The summed E-state index contributed by atoms with van der Waals surface area (Å²) >= 11 is 0. The Bertz CT molecular complexity index is 564. The van der Waals surface area contributed by atoms with Gasteiger partial charge in [-0.15, -0.1) is 0 Å². The van der Waals surface area contributed by atoms with Crippen LogP contribution in [0.1, 0.15) is 12.5 Å². The fourth-order valence-corrected chi connectivity index (χ4v) is 2.42. The van der Waals surface area contributed by atoms with E-state index in [1.54, 1.807) is 0 Å². The summed E-state index contributed by atoms with van der Waals surface area (Å²) in [5, 5.41) is 6.61. The number of hydrazine groups is 2. The molecule has 3 heteroatoms. The first-order valence-electron chi connectivity index (χ1n) is 7.71. The van der Waals surface area contributed by atoms with Crippen molar-refractivity contribution in [3.63, 3.8) is 0 Å². The lowest BCUT2D eigenvalue weighted by Crippen LogP contribution is -2.50. The highest BCUT2D eigenvalue weighted by molar-refractivity contribution is 5.49. The Hall–Kier alpha value is -2.10. The van der Waals surface area contributed by atoms with Crippen LogP contribution in [0.25, 0.3) is 6.08 Å². The molecule has 0 fully saturated rings. The number of likely N-dealkylation sites (N-methyl/N-ethyl adjacent to an activating group) is 1. The van der Waals surface area contributed by atoms with Crippen molar-refractivity contribution in [1.29, 1.82) is 0 Å². The van der Waals surface area contributed by atoms with E-state index in [1.165, 1.54) is 11.3 Å². The van der Waals surface area contributed by atoms with Crippen LogP contribution in [0.2, 0.25) is 0 Å². The molecule has 0 atom stereocenters. The van der Waals surface area contributed by atoms with Gasteiger partial charge in [0.15, 0.2) is 0 Å². The summed E-state index contributed by atoms with van der Waals surface area (Å²) < 4.78 is 0. The molecule has 0 spiro atoms. The predicted molar refractivity (Wildman–Crippen MR) is 95.3 cm³/mol. The first-order chi connectivity index (χ1) is 10.7. The van der Waals surface area contributed by atoms with E-state index in [9.17, 15) is 0 Å². The molecule has 0 saturated heterocycles. The number of para-hydroxylation sites is 1. The number of benzene rings is 2. The molecule has 0 heterocycles. The minimum Gasteiger partial charge on any atom is -0.237 e. The number of nitrogens with zero attached hydrogens (tertiary/aromatic N) is 3. The van der Waals surface area contributed by atoms with Crippen molar-refractivity contribution in [3.05, 3.63) is 72.3 Å². The van der Waals surface area contributed by atoms with Crippen LogP contribution in [0.15, 0.2) is 66.7 Å². The third kappa shape index (κ3) is 4.45. The molecule has 2 aromatic rings. The highest BCUT2D eigenvalue weighted by Crippen LogP contribution is 2.17. The van der Waals surface area contributed by atoms with E-state index in [0.29, 0.717) is 0 Å². The van der Waals surface area contributed by atoms with Gasteiger partial charge in [0, 0.05) is 27.2 Å². The van der Waals surface area contributed by atoms with Crippen LogP contribution in [0.3, 0.4) is 0 Å². The van der Waals surface area contributed by atoms with Crippen molar-refractivity contribution in [1.82, 2.24) is 10.0 Å². The van der Waals surface area contributed by atoms with Gasteiger partial charge in [0.1, 0.15) is 0 Å². The maximum atomic E-state index is 2.30. The molecule has 0 radical (unpaired) electrons. The molecular weight excluding hydrogens is 270 g/mol. The topological polar surface area (TPSA) is 9.72 Å². The molecule has 0 saturated carbocycles. The second-order valence-corrected chi connectivity index (χ2v) is 5.29. The van der Waals surface area contributed by atoms with Gasteiger partial charge in [0.25, 0.3) is 0 Å². The van der Waals surface area contributed by atoms with Gasteiger partial charge in [-0.3, -0.25) is 0 Å². The summed E-state index contributed by atoms with van der Waals surface area (Å²) in [5.74, 6) is 0. The van der Waals surface area contributed by atoms with E-state index in [0.717, 1.165) is 13.1 Å². The van der Waals surface area contributed by atoms with Crippen molar-refractivity contribution in [2.45, 2.75) is 6.92 Å². The van der Waals surface area contributed by atoms with E-state index in [2.05, 4.69) is 96.8 Å². The Kier molecular flexibility index (Phi) is 6.19. The molecule has 0 amide bonds. The average molecular weight is 295 g/mol. The lowest BCUT2D eigenvalue weighted by Gasteiger charge is -2.39. The third-order valence-electron chi connectivity index (χ3n) is 3.42. The summed E-state index contributed by atoms with van der Waals surface area (Å²) in [5.41, 5.74) is 2.40. The fourth-order valence-electron chi connectivity index (χ4n) is 2.42. The van der Waals surface area contributed by atoms with E-state index < -0.39 is 0 Å². The van der Waals surface area contributed by atoms with Crippen molar-refractivity contribution >= 4 is 11.8 Å². The molecule has 116 valence electrons. The Balaban J connectivity index is 2.09. The SMILES string of the molecule is CCN(CC=Cc1ccccc1)N(c1ccccc1)N(C)C. The van der Waals surface area contributed by atoms with E-state index in [-0.39, 0.29) is 0 Å². The molecule has 3 nitrogen and oxygen atoms in total. The van der Waals surface area contributed by atoms with Crippen molar-refractivity contribution in [2.75, 3.05) is 32.3 Å². The Labute approximate surface area is 134 Å². The van der Waals surface area contributed by atoms with Crippen LogP contribution < -0.4 is 5.12 Å². The van der Waals surface area contributed by atoms with Gasteiger partial charge in [-0.1, -0.05) is 67.6 Å². The lowest BCUT2D eigenvalue weighted by atomic mass is 10.2. The van der Waals surface area contributed by atoms with Crippen molar-refractivity contribution < 1.29 is 0 Å². The Morgan fingerprint density at radius 3 is 2.00 bits per heavy atom. The zero-order chi connectivity index (χ0) is 15.8. The minimum absolute atomic E-state index is 0.860. The van der Waals surface area contributed by atoms with E-state index in [4.69, 9.17) is 0 Å². The highest BCUT2D eigenvalue weighted by atomic mass is 15.8. The molecular formula is C19H25N3. The molecule has 0 aliphatic heterocycles. The van der Waals surface area contributed by atoms with Gasteiger partial charge in [-0.2, -0.15) is 0 Å². The summed E-state index contributed by atoms with van der Waals surface area (Å²) in [7, 11) is 4.13. The second kappa shape index (κ2) is 8.37. The molecule has 0 unspecified atom stereocenters. The van der Waals surface area contributed by atoms with Crippen molar-refractivity contribution in [2.24, 2.45) is 0 Å². The zero-order valence-electron chi connectivity index (χ0n) is 13.7. The molecule has 0 bridgehead atoms.